The van der Waals surface area contributed by atoms with E-state index in [-0.39, 0.29) is 0 Å². The molecule has 0 aliphatic carbocycles. The zero-order valence-electron chi connectivity index (χ0n) is 8.86. The molecule has 1 aliphatic heterocycles. The SMILES string of the molecule is Br[C@H](CCc1ccccc1)[C@H]1CCCO1. The molecule has 1 fully saturated rings. The van der Waals surface area contributed by atoms with Crippen LogP contribution in [0.1, 0.15) is 24.8 Å². The van der Waals surface area contributed by atoms with Gasteiger partial charge >= 0.3 is 0 Å². The van der Waals surface area contributed by atoms with Crippen molar-refractivity contribution < 1.29 is 4.74 Å². The highest BCUT2D eigenvalue weighted by molar-refractivity contribution is 9.09. The summed E-state index contributed by atoms with van der Waals surface area (Å²) in [5.74, 6) is 0. The number of aryl methyl sites for hydroxylation is 1. The van der Waals surface area contributed by atoms with Crippen LogP contribution in [0.2, 0.25) is 0 Å². The van der Waals surface area contributed by atoms with E-state index in [1.807, 2.05) is 0 Å². The van der Waals surface area contributed by atoms with Gasteiger partial charge in [0.05, 0.1) is 6.10 Å². The fourth-order valence-electron chi connectivity index (χ4n) is 2.02. The van der Waals surface area contributed by atoms with Crippen LogP contribution in [-0.4, -0.2) is 17.5 Å². The van der Waals surface area contributed by atoms with Crippen LogP contribution >= 0.6 is 15.9 Å². The Morgan fingerprint density at radius 1 is 1.33 bits per heavy atom. The molecule has 82 valence electrons. The van der Waals surface area contributed by atoms with E-state index in [4.69, 9.17) is 4.74 Å². The summed E-state index contributed by atoms with van der Waals surface area (Å²) in [6.45, 7) is 0.943. The van der Waals surface area contributed by atoms with E-state index in [0.717, 1.165) is 19.4 Å². The third kappa shape index (κ3) is 3.32. The van der Waals surface area contributed by atoms with E-state index in [0.29, 0.717) is 10.9 Å². The van der Waals surface area contributed by atoms with E-state index in [1.165, 1.54) is 18.4 Å². The molecule has 2 atom stereocenters. The average molecular weight is 269 g/mol. The molecule has 0 N–H and O–H groups in total. The normalized spacial score (nSPS) is 22.9. The first-order valence-corrected chi connectivity index (χ1v) is 6.57. The molecule has 2 heteroatoms. The lowest BCUT2D eigenvalue weighted by molar-refractivity contribution is 0.108. The lowest BCUT2D eigenvalue weighted by atomic mass is 10.0. The number of rotatable bonds is 4. The number of ether oxygens (including phenoxy) is 1. The molecule has 0 amide bonds. The molecule has 0 aromatic heterocycles. The minimum atomic E-state index is 0.439. The fraction of sp³-hybridized carbons (Fsp3) is 0.538. The van der Waals surface area contributed by atoms with Crippen molar-refractivity contribution in [2.45, 2.75) is 36.6 Å². The summed E-state index contributed by atoms with van der Waals surface area (Å²) < 4.78 is 5.66. The van der Waals surface area contributed by atoms with Crippen molar-refractivity contribution in [2.75, 3.05) is 6.61 Å². The summed E-state index contributed by atoms with van der Waals surface area (Å²) in [6.07, 6.45) is 5.17. The van der Waals surface area contributed by atoms with Gasteiger partial charge in [0.15, 0.2) is 0 Å². The second-order valence-corrected chi connectivity index (χ2v) is 5.27. The topological polar surface area (TPSA) is 9.23 Å². The summed E-state index contributed by atoms with van der Waals surface area (Å²) in [7, 11) is 0. The van der Waals surface area contributed by atoms with Gasteiger partial charge < -0.3 is 4.74 Å². The van der Waals surface area contributed by atoms with Crippen molar-refractivity contribution in [3.05, 3.63) is 35.9 Å². The van der Waals surface area contributed by atoms with Crippen molar-refractivity contribution in [1.82, 2.24) is 0 Å². The van der Waals surface area contributed by atoms with E-state index >= 15 is 0 Å². The van der Waals surface area contributed by atoms with Crippen LogP contribution in [-0.2, 0) is 11.2 Å². The van der Waals surface area contributed by atoms with Crippen molar-refractivity contribution in [1.29, 1.82) is 0 Å². The van der Waals surface area contributed by atoms with Crippen LogP contribution in [0, 0.1) is 0 Å². The van der Waals surface area contributed by atoms with Gasteiger partial charge in [0.2, 0.25) is 0 Å². The van der Waals surface area contributed by atoms with Crippen LogP contribution in [0.5, 0.6) is 0 Å². The Labute approximate surface area is 100.0 Å². The maximum Gasteiger partial charge on any atom is 0.0701 e. The van der Waals surface area contributed by atoms with Gasteiger partial charge in [-0.15, -0.1) is 0 Å². The zero-order chi connectivity index (χ0) is 10.5. The van der Waals surface area contributed by atoms with Gasteiger partial charge in [-0.1, -0.05) is 46.3 Å². The summed E-state index contributed by atoms with van der Waals surface area (Å²) in [4.78, 5) is 0.514. The van der Waals surface area contributed by atoms with Gasteiger partial charge in [-0.2, -0.15) is 0 Å². The molecule has 0 bridgehead atoms. The summed E-state index contributed by atoms with van der Waals surface area (Å²) in [6, 6.07) is 10.6. The number of halogens is 1. The van der Waals surface area contributed by atoms with Gasteiger partial charge in [-0.25, -0.2) is 0 Å². The predicted molar refractivity (Wildman–Crippen MR) is 66.5 cm³/mol. The van der Waals surface area contributed by atoms with Crippen LogP contribution in [0.4, 0.5) is 0 Å². The lowest BCUT2D eigenvalue weighted by Gasteiger charge is -2.16. The number of hydrogen-bond donors (Lipinski definition) is 0. The monoisotopic (exact) mass is 268 g/mol. The Balaban J connectivity index is 1.77. The molecule has 1 heterocycles. The third-order valence-corrected chi connectivity index (χ3v) is 3.97. The molecule has 0 saturated carbocycles. The second kappa shape index (κ2) is 5.66. The zero-order valence-corrected chi connectivity index (χ0v) is 10.4. The summed E-state index contributed by atoms with van der Waals surface area (Å²) >= 11 is 3.74. The second-order valence-electron chi connectivity index (χ2n) is 4.09. The largest absolute Gasteiger partial charge is 0.377 e. The molecular weight excluding hydrogens is 252 g/mol. The van der Waals surface area contributed by atoms with Gasteiger partial charge in [0, 0.05) is 11.4 Å². The summed E-state index contributed by atoms with van der Waals surface area (Å²) in [5, 5.41) is 0. The molecule has 0 radical (unpaired) electrons. The van der Waals surface area contributed by atoms with Crippen LogP contribution in [0.15, 0.2) is 30.3 Å². The Bertz CT molecular complexity index is 280. The van der Waals surface area contributed by atoms with Crippen molar-refractivity contribution in [2.24, 2.45) is 0 Å². The van der Waals surface area contributed by atoms with E-state index in [1.54, 1.807) is 0 Å². The Morgan fingerprint density at radius 2 is 2.13 bits per heavy atom. The molecule has 1 aliphatic rings. The molecule has 0 unspecified atom stereocenters. The maximum atomic E-state index is 5.66. The number of hydrogen-bond acceptors (Lipinski definition) is 1. The number of alkyl halides is 1. The van der Waals surface area contributed by atoms with E-state index in [9.17, 15) is 0 Å². The fourth-order valence-corrected chi connectivity index (χ4v) is 2.67. The highest BCUT2D eigenvalue weighted by Gasteiger charge is 2.23. The van der Waals surface area contributed by atoms with Crippen LogP contribution in [0.3, 0.4) is 0 Å². The molecule has 1 aromatic carbocycles. The highest BCUT2D eigenvalue weighted by atomic mass is 79.9. The quantitative estimate of drug-likeness (QED) is 0.759. The standard InChI is InChI=1S/C13H17BrO/c14-12(13-7-4-10-15-13)9-8-11-5-2-1-3-6-11/h1-3,5-6,12-13H,4,7-10H2/t12-,13-/m1/s1. The van der Waals surface area contributed by atoms with Gasteiger partial charge in [0.1, 0.15) is 0 Å². The first kappa shape index (κ1) is 11.2. The average Bonchev–Trinajstić information content (AvgIpc) is 2.81. The smallest absolute Gasteiger partial charge is 0.0701 e. The minimum Gasteiger partial charge on any atom is -0.377 e. The molecule has 0 spiro atoms. The minimum absolute atomic E-state index is 0.439. The molecule has 1 aromatic rings. The van der Waals surface area contributed by atoms with Crippen molar-refractivity contribution >= 4 is 15.9 Å². The van der Waals surface area contributed by atoms with Crippen LogP contribution in [0.25, 0.3) is 0 Å². The predicted octanol–water partition coefficient (Wildman–Crippen LogP) is 3.56. The van der Waals surface area contributed by atoms with Gasteiger partial charge in [0.25, 0.3) is 0 Å². The Kier molecular flexibility index (Phi) is 4.21. The molecule has 1 saturated heterocycles. The number of benzene rings is 1. The molecule has 15 heavy (non-hydrogen) atoms. The van der Waals surface area contributed by atoms with Gasteiger partial charge in [-0.3, -0.25) is 0 Å². The summed E-state index contributed by atoms with van der Waals surface area (Å²) in [5.41, 5.74) is 1.42. The molecule has 1 nitrogen and oxygen atoms in total. The van der Waals surface area contributed by atoms with Crippen molar-refractivity contribution in [3.8, 4) is 0 Å². The van der Waals surface area contributed by atoms with Crippen molar-refractivity contribution in [3.63, 3.8) is 0 Å². The van der Waals surface area contributed by atoms with E-state index < -0.39 is 0 Å². The Morgan fingerprint density at radius 3 is 2.80 bits per heavy atom. The van der Waals surface area contributed by atoms with E-state index in [2.05, 4.69) is 46.3 Å². The van der Waals surface area contributed by atoms with Gasteiger partial charge in [-0.05, 0) is 31.2 Å². The first-order valence-electron chi connectivity index (χ1n) is 5.66. The highest BCUT2D eigenvalue weighted by Crippen LogP contribution is 2.24. The first-order chi connectivity index (χ1) is 7.36. The Hall–Kier alpha value is -0.340. The molecule has 2 rings (SSSR count). The lowest BCUT2D eigenvalue weighted by Crippen LogP contribution is -2.19. The molecular formula is C13H17BrO. The van der Waals surface area contributed by atoms with Crippen LogP contribution < -0.4 is 0 Å². The maximum absolute atomic E-state index is 5.66. The third-order valence-electron chi connectivity index (χ3n) is 2.92.